The second-order valence-electron chi connectivity index (χ2n) is 7.17. The SMILES string of the molecule is CC(C)(C)OC(=O)N[C@@H](CS[Se]c1ccccc1S(=O)(=O)c1ccccc1)C(=O)O. The zero-order valence-corrected chi connectivity index (χ0v) is 20.0. The molecule has 0 spiro atoms. The van der Waals surface area contributed by atoms with Crippen LogP contribution in [0.15, 0.2) is 64.4 Å². The van der Waals surface area contributed by atoms with Gasteiger partial charge < -0.3 is 0 Å². The number of carboxylic acids is 1. The van der Waals surface area contributed by atoms with Crippen LogP contribution in [-0.4, -0.2) is 56.8 Å². The number of nitrogens with one attached hydrogen (secondary N) is 1. The van der Waals surface area contributed by atoms with Gasteiger partial charge in [0.15, 0.2) is 0 Å². The molecule has 0 aliphatic heterocycles. The summed E-state index contributed by atoms with van der Waals surface area (Å²) < 4.78 is 31.7. The number of hydrogen-bond acceptors (Lipinski definition) is 6. The molecule has 0 radical (unpaired) electrons. The van der Waals surface area contributed by atoms with E-state index in [1.165, 1.54) is 22.3 Å². The van der Waals surface area contributed by atoms with Crippen LogP contribution in [0.2, 0.25) is 0 Å². The molecule has 0 saturated carbocycles. The molecular formula is C20H23NO6S2Se. The van der Waals surface area contributed by atoms with Crippen molar-refractivity contribution in [1.29, 1.82) is 0 Å². The standard InChI is InChI=1S/C20H23NO6S2Se/c1-20(2,3)27-19(24)21-15(18(22)23)13-28-30-17-12-8-7-11-16(17)29(25,26)14-9-5-4-6-10-14/h4-12,15H,13H2,1-3H3,(H,21,24)(H,22,23)/t15-/m0/s1. The van der Waals surface area contributed by atoms with Crippen LogP contribution in [0.25, 0.3) is 0 Å². The number of amides is 1. The average molecular weight is 516 g/mol. The van der Waals surface area contributed by atoms with Gasteiger partial charge in [-0.15, -0.1) is 0 Å². The van der Waals surface area contributed by atoms with Crippen molar-refractivity contribution in [2.24, 2.45) is 0 Å². The van der Waals surface area contributed by atoms with Crippen molar-refractivity contribution < 1.29 is 27.9 Å². The van der Waals surface area contributed by atoms with Crippen LogP contribution >= 0.6 is 10.2 Å². The van der Waals surface area contributed by atoms with Gasteiger partial charge in [-0.3, -0.25) is 0 Å². The van der Waals surface area contributed by atoms with Crippen molar-refractivity contribution >= 4 is 50.4 Å². The number of carboxylic acid groups (broad SMARTS) is 1. The molecule has 2 N–H and O–H groups in total. The van der Waals surface area contributed by atoms with Crippen molar-refractivity contribution in [3.8, 4) is 0 Å². The molecule has 0 aliphatic rings. The van der Waals surface area contributed by atoms with E-state index in [2.05, 4.69) is 5.32 Å². The summed E-state index contributed by atoms with van der Waals surface area (Å²) in [6.45, 7) is 5.05. The normalized spacial score (nSPS) is 12.8. The van der Waals surface area contributed by atoms with Crippen LogP contribution in [0.3, 0.4) is 0 Å². The van der Waals surface area contributed by atoms with Gasteiger partial charge in [-0.25, -0.2) is 0 Å². The van der Waals surface area contributed by atoms with Crippen LogP contribution in [0.1, 0.15) is 20.8 Å². The van der Waals surface area contributed by atoms with E-state index in [0.717, 1.165) is 0 Å². The Morgan fingerprint density at radius 2 is 1.70 bits per heavy atom. The van der Waals surface area contributed by atoms with Gasteiger partial charge in [0.25, 0.3) is 0 Å². The van der Waals surface area contributed by atoms with Gasteiger partial charge in [0.1, 0.15) is 0 Å². The van der Waals surface area contributed by atoms with Crippen LogP contribution in [0.4, 0.5) is 4.79 Å². The van der Waals surface area contributed by atoms with Gasteiger partial charge >= 0.3 is 186 Å². The molecule has 2 aromatic rings. The maximum absolute atomic E-state index is 13.0. The Morgan fingerprint density at radius 3 is 2.30 bits per heavy atom. The number of rotatable bonds is 8. The van der Waals surface area contributed by atoms with E-state index in [1.54, 1.807) is 63.2 Å². The summed E-state index contributed by atoms with van der Waals surface area (Å²) in [5, 5.41) is 11.7. The first-order chi connectivity index (χ1) is 14.0. The molecule has 162 valence electrons. The molecule has 0 aliphatic carbocycles. The van der Waals surface area contributed by atoms with E-state index in [9.17, 15) is 23.1 Å². The fraction of sp³-hybridized carbons (Fsp3) is 0.300. The Morgan fingerprint density at radius 1 is 1.10 bits per heavy atom. The number of carbonyl (C=O) groups is 2. The Bertz CT molecular complexity index is 990. The minimum atomic E-state index is -3.68. The van der Waals surface area contributed by atoms with Gasteiger partial charge in [0, 0.05) is 0 Å². The summed E-state index contributed by atoms with van der Waals surface area (Å²) in [7, 11) is -2.40. The van der Waals surface area contributed by atoms with Gasteiger partial charge in [0.2, 0.25) is 0 Å². The van der Waals surface area contributed by atoms with E-state index in [4.69, 9.17) is 4.74 Å². The summed E-state index contributed by atoms with van der Waals surface area (Å²) in [4.78, 5) is 23.8. The van der Waals surface area contributed by atoms with Crippen molar-refractivity contribution in [2.75, 3.05) is 5.75 Å². The Kier molecular flexibility index (Phi) is 8.37. The molecule has 0 fully saturated rings. The van der Waals surface area contributed by atoms with Gasteiger partial charge in [-0.1, -0.05) is 0 Å². The molecule has 7 nitrogen and oxygen atoms in total. The van der Waals surface area contributed by atoms with Crippen molar-refractivity contribution in [3.05, 3.63) is 54.6 Å². The third-order valence-electron chi connectivity index (χ3n) is 3.56. The number of aliphatic carboxylic acids is 1. The monoisotopic (exact) mass is 517 g/mol. The topological polar surface area (TPSA) is 110 Å². The van der Waals surface area contributed by atoms with Gasteiger partial charge in [-0.05, 0) is 0 Å². The summed E-state index contributed by atoms with van der Waals surface area (Å²) in [5.74, 6) is -1.11. The van der Waals surface area contributed by atoms with Crippen molar-refractivity contribution in [2.45, 2.75) is 42.2 Å². The fourth-order valence-corrected chi connectivity index (χ4v) is 8.79. The van der Waals surface area contributed by atoms with E-state index in [-0.39, 0.29) is 29.4 Å². The number of carbonyl (C=O) groups excluding carboxylic acids is 1. The molecule has 0 aromatic heterocycles. The second kappa shape index (κ2) is 10.3. The van der Waals surface area contributed by atoms with E-state index < -0.39 is 33.5 Å². The number of sulfone groups is 1. The summed E-state index contributed by atoms with van der Waals surface area (Å²) in [6.07, 6.45) is -0.810. The average Bonchev–Trinajstić information content (AvgIpc) is 2.66. The van der Waals surface area contributed by atoms with E-state index in [0.29, 0.717) is 4.46 Å². The molecule has 1 amide bonds. The zero-order chi connectivity index (χ0) is 22.4. The summed E-state index contributed by atoms with van der Waals surface area (Å²) >= 11 is -0.387. The molecule has 30 heavy (non-hydrogen) atoms. The van der Waals surface area contributed by atoms with E-state index >= 15 is 0 Å². The predicted molar refractivity (Wildman–Crippen MR) is 117 cm³/mol. The van der Waals surface area contributed by atoms with Crippen molar-refractivity contribution in [1.82, 2.24) is 5.32 Å². The molecule has 2 aromatic carbocycles. The summed E-state index contributed by atoms with van der Waals surface area (Å²) in [5.41, 5.74) is -0.741. The molecule has 1 atom stereocenters. The molecule has 0 unspecified atom stereocenters. The number of ether oxygens (including phenoxy) is 1. The molecule has 0 bridgehead atoms. The maximum atomic E-state index is 13.0. The Hall–Kier alpha value is -2.00. The van der Waals surface area contributed by atoms with Crippen LogP contribution in [-0.2, 0) is 19.4 Å². The van der Waals surface area contributed by atoms with Crippen LogP contribution < -0.4 is 9.78 Å². The Labute approximate surface area is 185 Å². The van der Waals surface area contributed by atoms with Crippen molar-refractivity contribution in [3.63, 3.8) is 0 Å². The zero-order valence-electron chi connectivity index (χ0n) is 16.7. The molecule has 0 saturated heterocycles. The van der Waals surface area contributed by atoms with Gasteiger partial charge in [0.05, 0.1) is 0 Å². The van der Waals surface area contributed by atoms with E-state index in [1.807, 2.05) is 0 Å². The minimum absolute atomic E-state index is 0.0777. The second-order valence-corrected chi connectivity index (χ2v) is 13.3. The fourth-order valence-electron chi connectivity index (χ4n) is 2.26. The third-order valence-corrected chi connectivity index (χ3v) is 9.93. The summed E-state index contributed by atoms with van der Waals surface area (Å²) in [6, 6.07) is 13.7. The molecule has 10 heteroatoms. The predicted octanol–water partition coefficient (Wildman–Crippen LogP) is 2.48. The number of alkyl carbamates (subject to hydrolysis) is 1. The molecule has 0 heterocycles. The number of hydrogen-bond donors (Lipinski definition) is 2. The first-order valence-electron chi connectivity index (χ1n) is 8.91. The first-order valence-corrected chi connectivity index (χ1v) is 14.3. The third kappa shape index (κ3) is 7.05. The van der Waals surface area contributed by atoms with Gasteiger partial charge in [-0.2, -0.15) is 0 Å². The van der Waals surface area contributed by atoms with Crippen LogP contribution in [0.5, 0.6) is 0 Å². The first kappa shape index (κ1) is 24.3. The Balaban J connectivity index is 2.09. The quantitative estimate of drug-likeness (QED) is 0.519. The molecule has 2 rings (SSSR count). The molecular weight excluding hydrogens is 493 g/mol. The number of benzene rings is 2. The van der Waals surface area contributed by atoms with Crippen LogP contribution in [0, 0.1) is 0 Å².